The molecule has 1 aliphatic heterocycles. The van der Waals surface area contributed by atoms with Gasteiger partial charge in [-0.15, -0.1) is 0 Å². The van der Waals surface area contributed by atoms with Crippen molar-refractivity contribution in [1.29, 1.82) is 0 Å². The minimum absolute atomic E-state index is 0.112. The number of fused-ring (bicyclic) bond motifs is 1. The van der Waals surface area contributed by atoms with Crippen LogP contribution in [-0.2, 0) is 9.53 Å². The molecule has 1 aliphatic rings. The molecule has 0 aromatic carbocycles. The molecule has 1 atom stereocenters. The molecule has 0 aliphatic carbocycles. The minimum Gasteiger partial charge on any atom is -0.481 e. The molecule has 8 nitrogen and oxygen atoms in total. The van der Waals surface area contributed by atoms with Crippen LogP contribution in [0.3, 0.4) is 0 Å². The molecule has 0 spiro atoms. The SMILES string of the molecule is Cc1noc2nc(C(C)C)cc(C(=O)N3CCOCC3CC(=O)O)c12. The van der Waals surface area contributed by atoms with Gasteiger partial charge in [-0.1, -0.05) is 19.0 Å². The molecule has 1 amide bonds. The van der Waals surface area contributed by atoms with E-state index in [4.69, 9.17) is 14.4 Å². The summed E-state index contributed by atoms with van der Waals surface area (Å²) in [6.45, 7) is 6.66. The number of carbonyl (C=O) groups is 2. The van der Waals surface area contributed by atoms with Gasteiger partial charge in [-0.3, -0.25) is 9.59 Å². The van der Waals surface area contributed by atoms with Gasteiger partial charge in [-0.2, -0.15) is 0 Å². The van der Waals surface area contributed by atoms with Gasteiger partial charge in [0.15, 0.2) is 0 Å². The van der Waals surface area contributed by atoms with Crippen LogP contribution in [0.25, 0.3) is 11.1 Å². The van der Waals surface area contributed by atoms with E-state index in [0.29, 0.717) is 35.5 Å². The van der Waals surface area contributed by atoms with Gasteiger partial charge in [-0.05, 0) is 18.9 Å². The van der Waals surface area contributed by atoms with Gasteiger partial charge in [0.25, 0.3) is 11.6 Å². The molecular formula is C17H21N3O5. The number of hydrogen-bond donors (Lipinski definition) is 1. The number of carboxylic acid groups (broad SMARTS) is 1. The van der Waals surface area contributed by atoms with Crippen molar-refractivity contribution in [1.82, 2.24) is 15.0 Å². The summed E-state index contributed by atoms with van der Waals surface area (Å²) in [5.41, 5.74) is 2.10. The first kappa shape index (κ1) is 17.3. The summed E-state index contributed by atoms with van der Waals surface area (Å²) in [5, 5.41) is 13.6. The van der Waals surface area contributed by atoms with Crippen molar-refractivity contribution in [3.05, 3.63) is 23.0 Å². The third-order valence-electron chi connectivity index (χ3n) is 4.36. The molecule has 0 bridgehead atoms. The largest absolute Gasteiger partial charge is 0.481 e. The molecule has 8 heteroatoms. The highest BCUT2D eigenvalue weighted by Crippen LogP contribution is 2.27. The van der Waals surface area contributed by atoms with Gasteiger partial charge in [0, 0.05) is 12.2 Å². The molecule has 2 aromatic heterocycles. The molecule has 0 saturated carbocycles. The van der Waals surface area contributed by atoms with Crippen molar-refractivity contribution in [2.24, 2.45) is 0 Å². The Morgan fingerprint density at radius 2 is 2.20 bits per heavy atom. The maximum Gasteiger partial charge on any atom is 0.305 e. The van der Waals surface area contributed by atoms with Crippen LogP contribution < -0.4 is 0 Å². The Morgan fingerprint density at radius 1 is 1.44 bits per heavy atom. The van der Waals surface area contributed by atoms with Crippen LogP contribution in [0.4, 0.5) is 0 Å². The van der Waals surface area contributed by atoms with Gasteiger partial charge in [-0.25, -0.2) is 4.98 Å². The summed E-state index contributed by atoms with van der Waals surface area (Å²) in [7, 11) is 0. The summed E-state index contributed by atoms with van der Waals surface area (Å²) in [6.07, 6.45) is -0.153. The average Bonchev–Trinajstić information content (AvgIpc) is 2.94. The summed E-state index contributed by atoms with van der Waals surface area (Å²) in [4.78, 5) is 30.3. The molecule has 134 valence electrons. The number of carbonyl (C=O) groups excluding carboxylic acids is 1. The molecule has 1 saturated heterocycles. The number of ether oxygens (including phenoxy) is 1. The Balaban J connectivity index is 2.05. The van der Waals surface area contributed by atoms with Gasteiger partial charge < -0.3 is 19.3 Å². The van der Waals surface area contributed by atoms with E-state index in [1.54, 1.807) is 17.9 Å². The maximum absolute atomic E-state index is 13.2. The van der Waals surface area contributed by atoms with E-state index in [1.807, 2.05) is 13.8 Å². The highest BCUT2D eigenvalue weighted by molar-refractivity contribution is 6.06. The molecule has 3 rings (SSSR count). The lowest BCUT2D eigenvalue weighted by Crippen LogP contribution is -2.49. The Labute approximate surface area is 144 Å². The Kier molecular flexibility index (Phi) is 4.71. The van der Waals surface area contributed by atoms with Gasteiger partial charge in [0.2, 0.25) is 0 Å². The summed E-state index contributed by atoms with van der Waals surface area (Å²) >= 11 is 0. The highest BCUT2D eigenvalue weighted by atomic mass is 16.5. The first-order chi connectivity index (χ1) is 11.9. The molecule has 1 unspecified atom stereocenters. The van der Waals surface area contributed by atoms with Crippen molar-refractivity contribution < 1.29 is 24.0 Å². The van der Waals surface area contributed by atoms with Crippen LogP contribution in [0.1, 0.15) is 47.9 Å². The number of nitrogens with zero attached hydrogens (tertiary/aromatic N) is 3. The molecule has 2 aromatic rings. The summed E-state index contributed by atoms with van der Waals surface area (Å²) < 4.78 is 10.6. The van der Waals surface area contributed by atoms with Crippen molar-refractivity contribution in [2.75, 3.05) is 19.8 Å². The molecular weight excluding hydrogens is 326 g/mol. The monoisotopic (exact) mass is 347 g/mol. The second kappa shape index (κ2) is 6.79. The molecule has 1 N–H and O–H groups in total. The van der Waals surface area contributed by atoms with E-state index in [-0.39, 0.29) is 24.9 Å². The molecule has 3 heterocycles. The zero-order chi connectivity index (χ0) is 18.1. The smallest absolute Gasteiger partial charge is 0.305 e. The zero-order valence-corrected chi connectivity index (χ0v) is 14.5. The van der Waals surface area contributed by atoms with Crippen molar-refractivity contribution in [3.8, 4) is 0 Å². The lowest BCUT2D eigenvalue weighted by molar-refractivity contribution is -0.139. The number of hydrogen-bond acceptors (Lipinski definition) is 6. The fraction of sp³-hybridized carbons (Fsp3) is 0.529. The van der Waals surface area contributed by atoms with Crippen LogP contribution in [-0.4, -0.2) is 57.8 Å². The van der Waals surface area contributed by atoms with Gasteiger partial charge in [0.05, 0.1) is 42.3 Å². The number of aryl methyl sites for hydroxylation is 1. The van der Waals surface area contributed by atoms with E-state index in [0.717, 1.165) is 5.69 Å². The number of aromatic nitrogens is 2. The average molecular weight is 347 g/mol. The number of morpholine rings is 1. The predicted octanol–water partition coefficient (Wildman–Crippen LogP) is 1.97. The van der Waals surface area contributed by atoms with E-state index < -0.39 is 12.0 Å². The number of pyridine rings is 1. The van der Waals surface area contributed by atoms with Crippen molar-refractivity contribution in [3.63, 3.8) is 0 Å². The van der Waals surface area contributed by atoms with Crippen LogP contribution in [0.5, 0.6) is 0 Å². The zero-order valence-electron chi connectivity index (χ0n) is 14.5. The number of amides is 1. The summed E-state index contributed by atoms with van der Waals surface area (Å²) in [6, 6.07) is 1.26. The second-order valence-corrected chi connectivity index (χ2v) is 6.52. The summed E-state index contributed by atoms with van der Waals surface area (Å²) in [5.74, 6) is -1.09. The van der Waals surface area contributed by atoms with Gasteiger partial charge >= 0.3 is 5.97 Å². The third kappa shape index (κ3) is 3.34. The first-order valence-electron chi connectivity index (χ1n) is 8.26. The fourth-order valence-electron chi connectivity index (χ4n) is 3.03. The van der Waals surface area contributed by atoms with Crippen molar-refractivity contribution >= 4 is 23.0 Å². The normalized spacial score (nSPS) is 18.1. The lowest BCUT2D eigenvalue weighted by atomic mass is 10.0. The van der Waals surface area contributed by atoms with Crippen LogP contribution >= 0.6 is 0 Å². The molecule has 0 radical (unpaired) electrons. The standard InChI is InChI=1S/C17H21N3O5/c1-9(2)13-7-12(15-10(3)19-25-16(15)18-13)17(23)20-4-5-24-8-11(20)6-14(21)22/h7,9,11H,4-6,8H2,1-3H3,(H,21,22). The fourth-order valence-corrected chi connectivity index (χ4v) is 3.03. The first-order valence-corrected chi connectivity index (χ1v) is 8.26. The number of carboxylic acids is 1. The predicted molar refractivity (Wildman–Crippen MR) is 88.5 cm³/mol. The van der Waals surface area contributed by atoms with E-state index in [1.165, 1.54) is 0 Å². The third-order valence-corrected chi connectivity index (χ3v) is 4.36. The topological polar surface area (TPSA) is 106 Å². The second-order valence-electron chi connectivity index (χ2n) is 6.52. The molecule has 25 heavy (non-hydrogen) atoms. The van der Waals surface area contributed by atoms with E-state index in [9.17, 15) is 9.59 Å². The lowest BCUT2D eigenvalue weighted by Gasteiger charge is -2.35. The number of aliphatic carboxylic acids is 1. The van der Waals surface area contributed by atoms with E-state index in [2.05, 4.69) is 10.1 Å². The molecule has 1 fully saturated rings. The Bertz CT molecular complexity index is 814. The maximum atomic E-state index is 13.2. The number of rotatable bonds is 4. The van der Waals surface area contributed by atoms with Crippen LogP contribution in [0.15, 0.2) is 10.6 Å². The Morgan fingerprint density at radius 3 is 2.88 bits per heavy atom. The van der Waals surface area contributed by atoms with Gasteiger partial charge in [0.1, 0.15) is 0 Å². The van der Waals surface area contributed by atoms with Crippen molar-refractivity contribution in [2.45, 2.75) is 39.2 Å². The minimum atomic E-state index is -0.961. The highest BCUT2D eigenvalue weighted by Gasteiger charge is 2.32. The van der Waals surface area contributed by atoms with Crippen LogP contribution in [0.2, 0.25) is 0 Å². The van der Waals surface area contributed by atoms with Crippen LogP contribution in [0, 0.1) is 6.92 Å². The Hall–Kier alpha value is -2.48. The quantitative estimate of drug-likeness (QED) is 0.901. The van der Waals surface area contributed by atoms with E-state index >= 15 is 0 Å².